The van der Waals surface area contributed by atoms with Crippen molar-refractivity contribution in [1.29, 1.82) is 0 Å². The molecule has 1 amide bonds. The Balaban J connectivity index is 1.44. The number of rotatable bonds is 5. The molecular formula is C19H19ClF2N2O2. The number of hydrogen-bond donors (Lipinski definition) is 0. The van der Waals surface area contributed by atoms with Crippen LogP contribution < -0.4 is 4.74 Å². The highest BCUT2D eigenvalue weighted by atomic mass is 35.5. The summed E-state index contributed by atoms with van der Waals surface area (Å²) < 4.78 is 31.7. The Labute approximate surface area is 155 Å². The van der Waals surface area contributed by atoms with Crippen LogP contribution in [0.2, 0.25) is 5.02 Å². The third-order valence-corrected chi connectivity index (χ3v) is 4.60. The van der Waals surface area contributed by atoms with Crippen LogP contribution in [0.25, 0.3) is 0 Å². The molecule has 0 aliphatic carbocycles. The van der Waals surface area contributed by atoms with Crippen LogP contribution in [0.5, 0.6) is 5.75 Å². The normalized spacial score (nSPS) is 15.1. The average Bonchev–Trinajstić information content (AvgIpc) is 2.65. The molecule has 0 aromatic heterocycles. The van der Waals surface area contributed by atoms with Crippen LogP contribution in [0, 0.1) is 11.6 Å². The number of hydrogen-bond acceptors (Lipinski definition) is 3. The van der Waals surface area contributed by atoms with Gasteiger partial charge in [0, 0.05) is 38.8 Å². The summed E-state index contributed by atoms with van der Waals surface area (Å²) >= 11 is 5.62. The van der Waals surface area contributed by atoms with E-state index in [0.29, 0.717) is 13.1 Å². The van der Waals surface area contributed by atoms with Crippen molar-refractivity contribution in [3.8, 4) is 5.75 Å². The van der Waals surface area contributed by atoms with Gasteiger partial charge in [-0.05, 0) is 29.8 Å². The minimum Gasteiger partial charge on any atom is -0.484 e. The van der Waals surface area contributed by atoms with Crippen LogP contribution >= 0.6 is 11.6 Å². The molecule has 0 unspecified atom stereocenters. The van der Waals surface area contributed by atoms with E-state index in [1.165, 1.54) is 24.3 Å². The van der Waals surface area contributed by atoms with E-state index in [9.17, 15) is 13.6 Å². The molecule has 1 fully saturated rings. The number of benzene rings is 2. The largest absolute Gasteiger partial charge is 0.484 e. The molecule has 0 radical (unpaired) electrons. The van der Waals surface area contributed by atoms with Crippen molar-refractivity contribution in [2.75, 3.05) is 32.8 Å². The van der Waals surface area contributed by atoms with Crippen molar-refractivity contribution in [1.82, 2.24) is 9.80 Å². The van der Waals surface area contributed by atoms with Crippen molar-refractivity contribution in [2.24, 2.45) is 0 Å². The van der Waals surface area contributed by atoms with Crippen molar-refractivity contribution >= 4 is 17.5 Å². The fourth-order valence-electron chi connectivity index (χ4n) is 2.81. The summed E-state index contributed by atoms with van der Waals surface area (Å²) in [5.41, 5.74) is 1.04. The standard InChI is InChI=1S/C19H19ClF2N2O2/c20-17-6-5-16(11-18(17)22)26-13-19(25)24-9-7-23(8-10-24)12-14-1-3-15(21)4-2-14/h1-6,11H,7-10,12-13H2. The summed E-state index contributed by atoms with van der Waals surface area (Å²) in [4.78, 5) is 16.2. The highest BCUT2D eigenvalue weighted by molar-refractivity contribution is 6.30. The first-order valence-electron chi connectivity index (χ1n) is 8.34. The van der Waals surface area contributed by atoms with Crippen molar-refractivity contribution in [3.63, 3.8) is 0 Å². The van der Waals surface area contributed by atoms with E-state index >= 15 is 0 Å². The zero-order valence-corrected chi connectivity index (χ0v) is 14.9. The first kappa shape index (κ1) is 18.6. The number of nitrogens with zero attached hydrogens (tertiary/aromatic N) is 2. The quantitative estimate of drug-likeness (QED) is 0.797. The van der Waals surface area contributed by atoms with Gasteiger partial charge in [-0.25, -0.2) is 8.78 Å². The van der Waals surface area contributed by atoms with Gasteiger partial charge in [0.05, 0.1) is 5.02 Å². The lowest BCUT2D eigenvalue weighted by Crippen LogP contribution is -2.49. The smallest absolute Gasteiger partial charge is 0.260 e. The molecule has 0 bridgehead atoms. The first-order chi connectivity index (χ1) is 12.5. The summed E-state index contributed by atoms with van der Waals surface area (Å²) in [5, 5.41) is 0.0148. The number of ether oxygens (including phenoxy) is 1. The van der Waals surface area contributed by atoms with Crippen LogP contribution in [0.4, 0.5) is 8.78 Å². The molecule has 26 heavy (non-hydrogen) atoms. The first-order valence-corrected chi connectivity index (χ1v) is 8.71. The molecule has 0 atom stereocenters. The number of halogens is 3. The van der Waals surface area contributed by atoms with Crippen molar-refractivity contribution in [3.05, 3.63) is 64.7 Å². The number of amides is 1. The Morgan fingerprint density at radius 1 is 1.04 bits per heavy atom. The molecule has 2 aromatic carbocycles. The Morgan fingerprint density at radius 3 is 2.38 bits per heavy atom. The van der Waals surface area contributed by atoms with Gasteiger partial charge in [0.2, 0.25) is 0 Å². The van der Waals surface area contributed by atoms with Gasteiger partial charge in [-0.3, -0.25) is 9.69 Å². The van der Waals surface area contributed by atoms with Gasteiger partial charge in [0.25, 0.3) is 5.91 Å². The van der Waals surface area contributed by atoms with Gasteiger partial charge in [-0.1, -0.05) is 23.7 Å². The molecule has 7 heteroatoms. The molecule has 0 spiro atoms. The van der Waals surface area contributed by atoms with Crippen molar-refractivity contribution < 1.29 is 18.3 Å². The van der Waals surface area contributed by atoms with Crippen LogP contribution in [0.15, 0.2) is 42.5 Å². The Morgan fingerprint density at radius 2 is 1.73 bits per heavy atom. The molecule has 1 heterocycles. The van der Waals surface area contributed by atoms with Gasteiger partial charge < -0.3 is 9.64 Å². The molecule has 1 aliphatic heterocycles. The number of carbonyl (C=O) groups excluding carboxylic acids is 1. The second-order valence-electron chi connectivity index (χ2n) is 6.15. The topological polar surface area (TPSA) is 32.8 Å². The van der Waals surface area contributed by atoms with Crippen LogP contribution in [0.3, 0.4) is 0 Å². The second-order valence-corrected chi connectivity index (χ2v) is 6.56. The Bertz CT molecular complexity index is 763. The maximum atomic E-state index is 13.4. The highest BCUT2D eigenvalue weighted by Crippen LogP contribution is 2.20. The van der Waals surface area contributed by atoms with E-state index in [2.05, 4.69) is 4.90 Å². The van der Waals surface area contributed by atoms with Gasteiger partial charge >= 0.3 is 0 Å². The van der Waals surface area contributed by atoms with E-state index in [-0.39, 0.29) is 29.1 Å². The third kappa shape index (κ3) is 4.93. The number of carbonyl (C=O) groups is 1. The van der Waals surface area contributed by atoms with E-state index in [1.54, 1.807) is 17.0 Å². The van der Waals surface area contributed by atoms with Crippen molar-refractivity contribution in [2.45, 2.75) is 6.54 Å². The van der Waals surface area contributed by atoms with E-state index in [4.69, 9.17) is 16.3 Å². The van der Waals surface area contributed by atoms with E-state index in [1.807, 2.05) is 0 Å². The average molecular weight is 381 g/mol. The molecule has 1 aliphatic rings. The third-order valence-electron chi connectivity index (χ3n) is 4.30. The summed E-state index contributed by atoms with van der Waals surface area (Å²) in [7, 11) is 0. The van der Waals surface area contributed by atoms with E-state index < -0.39 is 5.82 Å². The molecule has 0 N–H and O–H groups in total. The maximum Gasteiger partial charge on any atom is 0.260 e. The lowest BCUT2D eigenvalue weighted by Gasteiger charge is -2.34. The lowest BCUT2D eigenvalue weighted by molar-refractivity contribution is -0.135. The summed E-state index contributed by atoms with van der Waals surface area (Å²) in [5.74, 6) is -0.687. The summed E-state index contributed by atoms with van der Waals surface area (Å²) in [6, 6.07) is 10.5. The minimum absolute atomic E-state index is 0.0148. The Kier molecular flexibility index (Phi) is 6.06. The van der Waals surface area contributed by atoms with Gasteiger partial charge in [-0.2, -0.15) is 0 Å². The zero-order valence-electron chi connectivity index (χ0n) is 14.1. The van der Waals surface area contributed by atoms with Crippen LogP contribution in [-0.2, 0) is 11.3 Å². The van der Waals surface area contributed by atoms with Gasteiger partial charge in [0.15, 0.2) is 6.61 Å². The predicted octanol–water partition coefficient (Wildman–Crippen LogP) is 3.34. The lowest BCUT2D eigenvalue weighted by atomic mass is 10.2. The predicted molar refractivity (Wildman–Crippen MR) is 95.2 cm³/mol. The van der Waals surface area contributed by atoms with Gasteiger partial charge in [0.1, 0.15) is 17.4 Å². The SMILES string of the molecule is O=C(COc1ccc(Cl)c(F)c1)N1CCN(Cc2ccc(F)cc2)CC1. The second kappa shape index (κ2) is 8.47. The molecule has 138 valence electrons. The molecule has 4 nitrogen and oxygen atoms in total. The molecule has 3 rings (SSSR count). The zero-order chi connectivity index (χ0) is 18.5. The Hall–Kier alpha value is -2.18. The molecule has 2 aromatic rings. The van der Waals surface area contributed by atoms with Gasteiger partial charge in [-0.15, -0.1) is 0 Å². The fourth-order valence-corrected chi connectivity index (χ4v) is 2.92. The molecule has 1 saturated heterocycles. The summed E-state index contributed by atoms with van der Waals surface area (Å²) in [6.45, 7) is 3.25. The minimum atomic E-state index is -0.578. The number of piperazine rings is 1. The van der Waals surface area contributed by atoms with E-state index in [0.717, 1.165) is 31.3 Å². The molecular weight excluding hydrogens is 362 g/mol. The monoisotopic (exact) mass is 380 g/mol. The van der Waals surface area contributed by atoms with Crippen LogP contribution in [-0.4, -0.2) is 48.5 Å². The molecule has 0 saturated carbocycles. The maximum absolute atomic E-state index is 13.4. The fraction of sp³-hybridized carbons (Fsp3) is 0.316. The summed E-state index contributed by atoms with van der Waals surface area (Å²) in [6.07, 6.45) is 0. The van der Waals surface area contributed by atoms with Crippen LogP contribution in [0.1, 0.15) is 5.56 Å². The highest BCUT2D eigenvalue weighted by Gasteiger charge is 2.21.